The van der Waals surface area contributed by atoms with E-state index in [2.05, 4.69) is 86.8 Å². The maximum absolute atomic E-state index is 12.7. The first-order valence-electron chi connectivity index (χ1n) is 24.7. The molecule has 2 atom stereocenters. The molecule has 9 heteroatoms. The first-order valence-corrected chi connectivity index (χ1v) is 26.2. The molecule has 0 aliphatic rings. The molecule has 61 heavy (non-hydrogen) atoms. The van der Waals surface area contributed by atoms with Crippen molar-refractivity contribution in [3.8, 4) is 0 Å². The molecule has 0 aliphatic carbocycles. The first kappa shape index (κ1) is 58.9. The van der Waals surface area contributed by atoms with Crippen LogP contribution < -0.4 is 0 Å². The largest absolute Gasteiger partial charge is 0.472 e. The highest BCUT2D eigenvalue weighted by Gasteiger charge is 2.26. The number of carbonyl (C=O) groups is 1. The van der Waals surface area contributed by atoms with Gasteiger partial charge in [-0.1, -0.05) is 177 Å². The van der Waals surface area contributed by atoms with Gasteiger partial charge in [-0.2, -0.15) is 0 Å². The SMILES string of the molecule is CC/C=C\C/C=C\C/C=C\C/C=C\CCCCCCC(=O)OC(COCCCCCCCCCCCC/C=C\C/C=C\CCCCCCC)COP(=O)(O)OCC[N+](C)(C)C. The highest BCUT2D eigenvalue weighted by atomic mass is 31.2. The lowest BCUT2D eigenvalue weighted by atomic mass is 10.1. The molecule has 0 saturated carbocycles. The summed E-state index contributed by atoms with van der Waals surface area (Å²) in [6, 6.07) is 0. The van der Waals surface area contributed by atoms with E-state index in [1.807, 2.05) is 21.1 Å². The van der Waals surface area contributed by atoms with Crippen LogP contribution in [0, 0.1) is 0 Å². The van der Waals surface area contributed by atoms with Gasteiger partial charge < -0.3 is 18.9 Å². The maximum atomic E-state index is 12.7. The summed E-state index contributed by atoms with van der Waals surface area (Å²) in [5, 5.41) is 0. The van der Waals surface area contributed by atoms with E-state index in [1.54, 1.807) is 0 Å². The predicted octanol–water partition coefficient (Wildman–Crippen LogP) is 15.1. The van der Waals surface area contributed by atoms with E-state index in [4.69, 9.17) is 18.5 Å². The van der Waals surface area contributed by atoms with Crippen molar-refractivity contribution in [2.45, 2.75) is 200 Å². The molecule has 0 aromatic carbocycles. The van der Waals surface area contributed by atoms with Crippen molar-refractivity contribution in [2.75, 3.05) is 54.1 Å². The van der Waals surface area contributed by atoms with Gasteiger partial charge in [-0.05, 0) is 83.5 Å². The maximum Gasteiger partial charge on any atom is 0.472 e. The Labute approximate surface area is 376 Å². The third-order valence-corrected chi connectivity index (χ3v) is 11.2. The number of rotatable bonds is 45. The van der Waals surface area contributed by atoms with Crippen molar-refractivity contribution in [2.24, 2.45) is 0 Å². The van der Waals surface area contributed by atoms with Crippen LogP contribution in [0.1, 0.15) is 194 Å². The predicted molar refractivity (Wildman–Crippen MR) is 261 cm³/mol. The molecule has 0 radical (unpaired) electrons. The minimum absolute atomic E-state index is 0.0795. The Morgan fingerprint density at radius 2 is 0.951 bits per heavy atom. The van der Waals surface area contributed by atoms with E-state index in [1.165, 1.54) is 96.3 Å². The Bertz CT molecular complexity index is 1200. The van der Waals surface area contributed by atoms with Crippen LogP contribution in [0.3, 0.4) is 0 Å². The molecule has 0 aromatic heterocycles. The van der Waals surface area contributed by atoms with Gasteiger partial charge >= 0.3 is 13.8 Å². The second kappa shape index (κ2) is 44.5. The number of nitrogens with zero attached hydrogens (tertiary/aromatic N) is 1. The van der Waals surface area contributed by atoms with Crippen molar-refractivity contribution in [3.63, 3.8) is 0 Å². The highest BCUT2D eigenvalue weighted by molar-refractivity contribution is 7.47. The van der Waals surface area contributed by atoms with Gasteiger partial charge in [0.15, 0.2) is 0 Å². The van der Waals surface area contributed by atoms with Crippen LogP contribution in [0.5, 0.6) is 0 Å². The number of hydrogen-bond donors (Lipinski definition) is 1. The van der Waals surface area contributed by atoms with E-state index in [0.29, 0.717) is 24.1 Å². The zero-order valence-electron chi connectivity index (χ0n) is 40.1. The molecule has 0 amide bonds. The molecule has 1 N–H and O–H groups in total. The second-order valence-electron chi connectivity index (χ2n) is 17.5. The summed E-state index contributed by atoms with van der Waals surface area (Å²) in [6.45, 7) is 5.46. The van der Waals surface area contributed by atoms with Crippen LogP contribution in [-0.4, -0.2) is 75.6 Å². The van der Waals surface area contributed by atoms with Crippen molar-refractivity contribution >= 4 is 13.8 Å². The molecule has 0 aromatic rings. The number of allylic oxidation sites excluding steroid dienone is 12. The van der Waals surface area contributed by atoms with Gasteiger partial charge in [0.25, 0.3) is 0 Å². The minimum atomic E-state index is -4.29. The van der Waals surface area contributed by atoms with Crippen LogP contribution >= 0.6 is 7.82 Å². The van der Waals surface area contributed by atoms with Gasteiger partial charge in [-0.3, -0.25) is 13.8 Å². The van der Waals surface area contributed by atoms with E-state index >= 15 is 0 Å². The summed E-state index contributed by atoms with van der Waals surface area (Å²) in [5.74, 6) is -0.339. The van der Waals surface area contributed by atoms with Crippen LogP contribution in [0.2, 0.25) is 0 Å². The highest BCUT2D eigenvalue weighted by Crippen LogP contribution is 2.43. The average Bonchev–Trinajstić information content (AvgIpc) is 3.22. The van der Waals surface area contributed by atoms with Gasteiger partial charge in [0.05, 0.1) is 34.4 Å². The number of quaternary nitrogens is 1. The molecular weight excluding hydrogens is 782 g/mol. The normalized spacial score (nSPS) is 14.3. The van der Waals surface area contributed by atoms with Gasteiger partial charge in [-0.25, -0.2) is 4.57 Å². The standard InChI is InChI=1S/C52H94NO7P/c1-6-8-10-12-14-16-18-20-22-24-25-26-27-28-30-32-34-36-38-40-42-44-47-57-49-51(50-59-61(55,56)58-48-46-53(3,4)5)60-52(54)45-43-41-39-37-35-33-31-29-23-21-19-17-15-13-11-9-7-2/h9,11,15,17-18,20-21,23-25,31,33,51H,6-8,10,12-14,16,19,22,26-30,32,34-50H2,1-5H3/p+1/b11-9-,17-15-,20-18-,23-21-,25-24-,33-31-. The summed E-state index contributed by atoms with van der Waals surface area (Å²) in [5.41, 5.74) is 0. The smallest absolute Gasteiger partial charge is 0.457 e. The Hall–Kier alpha value is -2.06. The molecule has 0 bridgehead atoms. The molecule has 8 nitrogen and oxygen atoms in total. The van der Waals surface area contributed by atoms with E-state index in [9.17, 15) is 14.3 Å². The fraction of sp³-hybridized carbons (Fsp3) is 0.750. The molecule has 0 aliphatic heterocycles. The fourth-order valence-electron chi connectivity index (χ4n) is 6.46. The lowest BCUT2D eigenvalue weighted by molar-refractivity contribution is -0.870. The van der Waals surface area contributed by atoms with Crippen LogP contribution in [-0.2, 0) is 27.9 Å². The summed E-state index contributed by atoms with van der Waals surface area (Å²) >= 11 is 0. The lowest BCUT2D eigenvalue weighted by Gasteiger charge is -2.24. The molecule has 0 rings (SSSR count). The fourth-order valence-corrected chi connectivity index (χ4v) is 7.20. The monoisotopic (exact) mass is 877 g/mol. The summed E-state index contributed by atoms with van der Waals surface area (Å²) in [7, 11) is 1.64. The zero-order valence-corrected chi connectivity index (χ0v) is 41.0. The second-order valence-corrected chi connectivity index (χ2v) is 18.9. The third-order valence-electron chi connectivity index (χ3n) is 10.3. The molecule has 354 valence electrons. The number of phosphoric acid groups is 1. The van der Waals surface area contributed by atoms with E-state index in [0.717, 1.165) is 77.0 Å². The van der Waals surface area contributed by atoms with Crippen molar-refractivity contribution in [1.29, 1.82) is 0 Å². The number of carbonyl (C=O) groups excluding carboxylic acids is 1. The molecule has 2 unspecified atom stereocenters. The quantitative estimate of drug-likeness (QED) is 0.0214. The zero-order chi connectivity index (χ0) is 44.8. The number of unbranched alkanes of at least 4 members (excludes halogenated alkanes) is 19. The van der Waals surface area contributed by atoms with Crippen LogP contribution in [0.15, 0.2) is 72.9 Å². The number of ether oxygens (including phenoxy) is 2. The minimum Gasteiger partial charge on any atom is -0.457 e. The first-order chi connectivity index (χ1) is 29.6. The number of hydrogen-bond acceptors (Lipinski definition) is 6. The van der Waals surface area contributed by atoms with Crippen LogP contribution in [0.4, 0.5) is 0 Å². The molecule has 0 saturated heterocycles. The average molecular weight is 877 g/mol. The van der Waals surface area contributed by atoms with Crippen molar-refractivity contribution in [1.82, 2.24) is 0 Å². The number of phosphoric ester groups is 1. The Morgan fingerprint density at radius 3 is 1.43 bits per heavy atom. The number of esters is 1. The lowest BCUT2D eigenvalue weighted by Crippen LogP contribution is -2.37. The Morgan fingerprint density at radius 1 is 0.525 bits per heavy atom. The van der Waals surface area contributed by atoms with E-state index < -0.39 is 13.9 Å². The van der Waals surface area contributed by atoms with Crippen LogP contribution in [0.25, 0.3) is 0 Å². The Kier molecular flexibility index (Phi) is 43.0. The van der Waals surface area contributed by atoms with Gasteiger partial charge in [0, 0.05) is 13.0 Å². The Balaban J connectivity index is 4.21. The molecular formula is C52H95NO7P+. The van der Waals surface area contributed by atoms with Gasteiger partial charge in [-0.15, -0.1) is 0 Å². The molecule has 0 heterocycles. The number of likely N-dealkylation sites (N-methyl/N-ethyl adjacent to an activating group) is 1. The van der Waals surface area contributed by atoms with E-state index in [-0.39, 0.29) is 25.8 Å². The summed E-state index contributed by atoms with van der Waals surface area (Å²) in [6.07, 6.45) is 58.0. The summed E-state index contributed by atoms with van der Waals surface area (Å²) < 4.78 is 35.1. The third kappa shape index (κ3) is 48.8. The van der Waals surface area contributed by atoms with Crippen molar-refractivity contribution in [3.05, 3.63) is 72.9 Å². The topological polar surface area (TPSA) is 91.3 Å². The van der Waals surface area contributed by atoms with Crippen molar-refractivity contribution < 1.29 is 37.3 Å². The summed E-state index contributed by atoms with van der Waals surface area (Å²) in [4.78, 5) is 23.0. The molecule has 0 fully saturated rings. The van der Waals surface area contributed by atoms with Gasteiger partial charge in [0.2, 0.25) is 0 Å². The van der Waals surface area contributed by atoms with Gasteiger partial charge in [0.1, 0.15) is 19.3 Å². The molecule has 0 spiro atoms.